The molecule has 2 aromatic rings. The van der Waals surface area contributed by atoms with Crippen molar-refractivity contribution in [2.45, 2.75) is 57.3 Å². The third kappa shape index (κ3) is 4.30. The molecule has 0 spiro atoms. The first-order chi connectivity index (χ1) is 11.3. The summed E-state index contributed by atoms with van der Waals surface area (Å²) in [5.41, 5.74) is 5.67. The maximum atomic E-state index is 2.52. The molecule has 0 amide bonds. The van der Waals surface area contributed by atoms with Crippen LogP contribution in [0, 0.1) is 12.8 Å². The van der Waals surface area contributed by atoms with Crippen molar-refractivity contribution in [2.75, 3.05) is 0 Å². The molecule has 0 radical (unpaired) electrons. The van der Waals surface area contributed by atoms with Gasteiger partial charge in [-0.3, -0.25) is 0 Å². The number of rotatable bonds is 6. The zero-order valence-corrected chi connectivity index (χ0v) is 18.7. The number of nitrogens with zero attached hydrogens (tertiary/aromatic N) is 1. The Bertz CT molecular complexity index is 694. The Morgan fingerprint density at radius 3 is 2.21 bits per heavy atom. The molecular weight excluding hydrogens is 351 g/mol. The Balaban J connectivity index is 2.60. The second-order valence-corrected chi connectivity index (χ2v) is 18.7. The molecule has 0 aliphatic rings. The molecule has 24 heavy (non-hydrogen) atoms. The average molecular weight is 385 g/mol. The summed E-state index contributed by atoms with van der Waals surface area (Å²) in [6.07, 6.45) is 6.20. The van der Waals surface area contributed by atoms with Crippen LogP contribution in [0.25, 0.3) is 11.3 Å². The molecule has 0 aliphatic heterocycles. The molecular formula is C22H34GeN+. The minimum atomic E-state index is -1.93. The molecule has 2 rings (SSSR count). The van der Waals surface area contributed by atoms with Crippen LogP contribution in [0.1, 0.15) is 37.8 Å². The van der Waals surface area contributed by atoms with Crippen LogP contribution in [0.5, 0.6) is 0 Å². The van der Waals surface area contributed by atoms with E-state index in [9.17, 15) is 0 Å². The quantitative estimate of drug-likeness (QED) is 0.486. The summed E-state index contributed by atoms with van der Waals surface area (Å²) in [5.74, 6) is 8.37. The Hall–Kier alpha value is -1.09. The first-order valence-corrected chi connectivity index (χ1v) is 16.7. The van der Waals surface area contributed by atoms with Crippen molar-refractivity contribution < 1.29 is 4.57 Å². The van der Waals surface area contributed by atoms with Gasteiger partial charge in [-0.05, 0) is 0 Å². The van der Waals surface area contributed by atoms with Crippen LogP contribution in [0.4, 0.5) is 0 Å². The molecule has 0 unspecified atom stereocenters. The van der Waals surface area contributed by atoms with Crippen molar-refractivity contribution in [1.29, 1.82) is 0 Å². The normalized spacial score (nSPS) is 12.0. The van der Waals surface area contributed by atoms with E-state index in [1.165, 1.54) is 36.1 Å². The molecule has 0 saturated carbocycles. The van der Waals surface area contributed by atoms with Gasteiger partial charge in [-0.2, -0.15) is 0 Å². The molecule has 2 heteroatoms. The van der Waals surface area contributed by atoms with Crippen LogP contribution in [0.2, 0.25) is 17.3 Å². The standard InChI is InChI=1S/C22H34GeN/c1-8-18(9-2)14-19-16-24(7)22(15-21(19)23(4,5)6)20-13-11-10-12-17(20)3/h10-13,15-16,18H,8-9,14H2,1-7H3/q+1. The molecule has 0 atom stereocenters. The topological polar surface area (TPSA) is 3.88 Å². The summed E-state index contributed by atoms with van der Waals surface area (Å²) >= 11 is -1.93. The number of aromatic nitrogens is 1. The van der Waals surface area contributed by atoms with Gasteiger partial charge in [-0.15, -0.1) is 0 Å². The Labute approximate surface area is 151 Å². The predicted molar refractivity (Wildman–Crippen MR) is 109 cm³/mol. The number of aryl methyl sites for hydroxylation is 2. The monoisotopic (exact) mass is 386 g/mol. The van der Waals surface area contributed by atoms with Gasteiger partial charge in [0.2, 0.25) is 0 Å². The minimum absolute atomic E-state index is 0.804. The van der Waals surface area contributed by atoms with Crippen LogP contribution in [0.15, 0.2) is 36.5 Å². The molecule has 0 bridgehead atoms. The van der Waals surface area contributed by atoms with E-state index in [0.717, 1.165) is 5.92 Å². The van der Waals surface area contributed by atoms with E-state index in [1.807, 2.05) is 0 Å². The summed E-state index contributed by atoms with van der Waals surface area (Å²) in [6.45, 7) is 6.87. The Kier molecular flexibility index (Phi) is 6.30. The third-order valence-corrected chi connectivity index (χ3v) is 9.62. The fourth-order valence-electron chi connectivity index (χ4n) is 3.58. The Morgan fingerprint density at radius 2 is 1.67 bits per heavy atom. The van der Waals surface area contributed by atoms with Crippen molar-refractivity contribution in [1.82, 2.24) is 0 Å². The third-order valence-electron chi connectivity index (χ3n) is 5.25. The summed E-state index contributed by atoms with van der Waals surface area (Å²) in [5, 5.41) is 0. The van der Waals surface area contributed by atoms with Gasteiger partial charge >= 0.3 is 151 Å². The van der Waals surface area contributed by atoms with E-state index in [1.54, 1.807) is 9.96 Å². The van der Waals surface area contributed by atoms with Crippen LogP contribution >= 0.6 is 0 Å². The second-order valence-electron chi connectivity index (χ2n) is 8.16. The molecule has 0 fully saturated rings. The molecule has 1 aromatic carbocycles. The number of hydrogen-bond donors (Lipinski definition) is 0. The van der Waals surface area contributed by atoms with Crippen LogP contribution in [-0.2, 0) is 13.5 Å². The van der Waals surface area contributed by atoms with Crippen LogP contribution in [0.3, 0.4) is 0 Å². The van der Waals surface area contributed by atoms with Crippen molar-refractivity contribution in [3.8, 4) is 11.3 Å². The first-order valence-electron chi connectivity index (χ1n) is 9.36. The van der Waals surface area contributed by atoms with E-state index in [0.29, 0.717) is 0 Å². The van der Waals surface area contributed by atoms with Gasteiger partial charge in [0.25, 0.3) is 0 Å². The van der Waals surface area contributed by atoms with Crippen LogP contribution in [-0.4, -0.2) is 13.3 Å². The van der Waals surface area contributed by atoms with Gasteiger partial charge in [-0.1, -0.05) is 0 Å². The maximum absolute atomic E-state index is 2.52. The average Bonchev–Trinajstić information content (AvgIpc) is 2.52. The van der Waals surface area contributed by atoms with Crippen LogP contribution < -0.4 is 8.96 Å². The van der Waals surface area contributed by atoms with Crippen molar-refractivity contribution in [2.24, 2.45) is 13.0 Å². The fraction of sp³-hybridized carbons (Fsp3) is 0.500. The molecule has 0 N–H and O–H groups in total. The van der Waals surface area contributed by atoms with Gasteiger partial charge < -0.3 is 0 Å². The SMILES string of the molecule is CCC(CC)Cc1c[n+](C)c(-c2ccccc2C)c[c]1[Ge]([CH3])([CH3])[CH3]. The molecule has 130 valence electrons. The van der Waals surface area contributed by atoms with Gasteiger partial charge in [0.1, 0.15) is 0 Å². The Morgan fingerprint density at radius 1 is 1.04 bits per heavy atom. The van der Waals surface area contributed by atoms with Gasteiger partial charge in [0.15, 0.2) is 0 Å². The van der Waals surface area contributed by atoms with E-state index >= 15 is 0 Å². The summed E-state index contributed by atoms with van der Waals surface area (Å²) < 4.78 is 4.02. The fourth-order valence-corrected chi connectivity index (χ4v) is 7.15. The van der Waals surface area contributed by atoms with Gasteiger partial charge in [0, 0.05) is 0 Å². The molecule has 1 heterocycles. The van der Waals surface area contributed by atoms with Crippen molar-refractivity contribution in [3.05, 3.63) is 47.7 Å². The molecule has 0 aliphatic carbocycles. The van der Waals surface area contributed by atoms with Gasteiger partial charge in [0.05, 0.1) is 0 Å². The first kappa shape index (κ1) is 19.2. The number of hydrogen-bond acceptors (Lipinski definition) is 0. The zero-order valence-electron chi connectivity index (χ0n) is 16.6. The summed E-state index contributed by atoms with van der Waals surface area (Å²) in [4.78, 5) is 0. The molecule has 1 aromatic heterocycles. The van der Waals surface area contributed by atoms with E-state index in [2.05, 4.69) is 86.2 Å². The molecule has 0 saturated heterocycles. The van der Waals surface area contributed by atoms with Crippen molar-refractivity contribution in [3.63, 3.8) is 0 Å². The van der Waals surface area contributed by atoms with Gasteiger partial charge in [-0.25, -0.2) is 0 Å². The number of benzene rings is 1. The van der Waals surface area contributed by atoms with E-state index in [-0.39, 0.29) is 0 Å². The summed E-state index contributed by atoms with van der Waals surface area (Å²) in [7, 11) is 2.21. The predicted octanol–water partition coefficient (Wildman–Crippen LogP) is 5.01. The van der Waals surface area contributed by atoms with E-state index < -0.39 is 13.3 Å². The molecule has 1 nitrogen and oxygen atoms in total. The number of pyridine rings is 1. The van der Waals surface area contributed by atoms with Crippen molar-refractivity contribution >= 4 is 17.7 Å². The summed E-state index contributed by atoms with van der Waals surface area (Å²) in [6, 6.07) is 11.3. The second kappa shape index (κ2) is 7.86. The van der Waals surface area contributed by atoms with E-state index in [4.69, 9.17) is 0 Å². The zero-order chi connectivity index (χ0) is 17.9.